The maximum Gasteiger partial charge on any atom is 0.151 e. The minimum Gasteiger partial charge on any atom is -0.363 e. The van der Waals surface area contributed by atoms with Crippen molar-refractivity contribution in [2.45, 2.75) is 26.9 Å². The lowest BCUT2D eigenvalue weighted by atomic mass is 10.3. The summed E-state index contributed by atoms with van der Waals surface area (Å²) >= 11 is 0. The first-order valence-electron chi connectivity index (χ1n) is 5.93. The van der Waals surface area contributed by atoms with Crippen LogP contribution in [-0.2, 0) is 20.1 Å². The van der Waals surface area contributed by atoms with Gasteiger partial charge in [0.1, 0.15) is 6.67 Å². The van der Waals surface area contributed by atoms with Crippen molar-refractivity contribution in [1.82, 2.24) is 19.6 Å². The van der Waals surface area contributed by atoms with E-state index in [1.54, 1.807) is 4.68 Å². The van der Waals surface area contributed by atoms with Crippen molar-refractivity contribution in [2.24, 2.45) is 7.05 Å². The van der Waals surface area contributed by atoms with Gasteiger partial charge in [-0.15, -0.1) is 12.4 Å². The van der Waals surface area contributed by atoms with Gasteiger partial charge in [0, 0.05) is 18.8 Å². The Labute approximate surface area is 118 Å². The van der Waals surface area contributed by atoms with E-state index in [0.717, 1.165) is 22.8 Å². The summed E-state index contributed by atoms with van der Waals surface area (Å²) in [6.45, 7) is 4.48. The number of anilines is 1. The largest absolute Gasteiger partial charge is 0.363 e. The lowest BCUT2D eigenvalue weighted by Crippen LogP contribution is -2.07. The number of nitrogens with one attached hydrogen (secondary N) is 1. The van der Waals surface area contributed by atoms with Crippen molar-refractivity contribution in [1.29, 1.82) is 0 Å². The Morgan fingerprint density at radius 1 is 1.32 bits per heavy atom. The number of aromatic nitrogens is 4. The third-order valence-electron chi connectivity index (χ3n) is 2.79. The molecule has 0 saturated carbocycles. The van der Waals surface area contributed by atoms with Crippen LogP contribution in [0.25, 0.3) is 0 Å². The standard InChI is InChI=1S/C12H18FN5.ClH/c1-9-8-18(5-4-13)16-12(9)14-7-11-6-10(2)15-17(11)3;/h6,8H,4-5,7H2,1-3H3,(H,14,16);1H. The van der Waals surface area contributed by atoms with Gasteiger partial charge < -0.3 is 5.32 Å². The molecule has 2 aromatic rings. The second-order valence-corrected chi connectivity index (χ2v) is 4.37. The number of hydrogen-bond acceptors (Lipinski definition) is 3. The van der Waals surface area contributed by atoms with Crippen LogP contribution in [0.4, 0.5) is 10.2 Å². The molecule has 0 aliphatic rings. The number of hydrogen-bond donors (Lipinski definition) is 1. The molecular formula is C12H19ClFN5. The first kappa shape index (κ1) is 15.5. The predicted molar refractivity (Wildman–Crippen MR) is 75.5 cm³/mol. The molecule has 0 bridgehead atoms. The average molecular weight is 288 g/mol. The molecular weight excluding hydrogens is 269 g/mol. The first-order valence-corrected chi connectivity index (χ1v) is 5.93. The van der Waals surface area contributed by atoms with E-state index in [0.29, 0.717) is 13.1 Å². The summed E-state index contributed by atoms with van der Waals surface area (Å²) in [5.74, 6) is 0.794. The van der Waals surface area contributed by atoms with E-state index in [2.05, 4.69) is 15.5 Å². The molecule has 0 aliphatic carbocycles. The van der Waals surface area contributed by atoms with Gasteiger partial charge >= 0.3 is 0 Å². The third kappa shape index (κ3) is 3.70. The highest BCUT2D eigenvalue weighted by atomic mass is 35.5. The lowest BCUT2D eigenvalue weighted by Gasteiger charge is -2.04. The van der Waals surface area contributed by atoms with Crippen LogP contribution in [0.1, 0.15) is 17.0 Å². The zero-order valence-corrected chi connectivity index (χ0v) is 12.2. The molecule has 0 unspecified atom stereocenters. The van der Waals surface area contributed by atoms with Gasteiger partial charge in [-0.25, -0.2) is 4.39 Å². The molecule has 19 heavy (non-hydrogen) atoms. The molecule has 0 atom stereocenters. The number of alkyl halides is 1. The summed E-state index contributed by atoms with van der Waals surface area (Å²) in [5, 5.41) is 11.8. The fourth-order valence-corrected chi connectivity index (χ4v) is 1.90. The minimum atomic E-state index is -0.401. The summed E-state index contributed by atoms with van der Waals surface area (Å²) in [6.07, 6.45) is 1.84. The van der Waals surface area contributed by atoms with Crippen LogP contribution in [0.2, 0.25) is 0 Å². The Morgan fingerprint density at radius 2 is 2.05 bits per heavy atom. The van der Waals surface area contributed by atoms with Gasteiger partial charge in [-0.3, -0.25) is 9.36 Å². The van der Waals surface area contributed by atoms with Gasteiger partial charge in [-0.1, -0.05) is 0 Å². The summed E-state index contributed by atoms with van der Waals surface area (Å²) in [7, 11) is 1.92. The van der Waals surface area contributed by atoms with Crippen LogP contribution in [0.15, 0.2) is 12.3 Å². The van der Waals surface area contributed by atoms with Gasteiger partial charge in [-0.05, 0) is 19.9 Å². The normalized spacial score (nSPS) is 10.3. The second kappa shape index (κ2) is 6.56. The summed E-state index contributed by atoms with van der Waals surface area (Å²) in [5.41, 5.74) is 3.10. The number of nitrogens with zero attached hydrogens (tertiary/aromatic N) is 4. The Balaban J connectivity index is 0.00000180. The zero-order valence-electron chi connectivity index (χ0n) is 11.4. The molecule has 5 nitrogen and oxygen atoms in total. The molecule has 1 N–H and O–H groups in total. The molecule has 0 saturated heterocycles. The zero-order chi connectivity index (χ0) is 13.1. The van der Waals surface area contributed by atoms with Crippen molar-refractivity contribution in [2.75, 3.05) is 12.0 Å². The summed E-state index contributed by atoms with van der Waals surface area (Å²) in [4.78, 5) is 0. The number of aryl methyl sites for hydroxylation is 4. The van der Waals surface area contributed by atoms with Gasteiger partial charge in [0.2, 0.25) is 0 Å². The van der Waals surface area contributed by atoms with Crippen LogP contribution >= 0.6 is 12.4 Å². The van der Waals surface area contributed by atoms with E-state index in [9.17, 15) is 4.39 Å². The van der Waals surface area contributed by atoms with E-state index < -0.39 is 6.67 Å². The van der Waals surface area contributed by atoms with Gasteiger partial charge in [0.25, 0.3) is 0 Å². The topological polar surface area (TPSA) is 47.7 Å². The van der Waals surface area contributed by atoms with Crippen LogP contribution in [0.5, 0.6) is 0 Å². The van der Waals surface area contributed by atoms with E-state index in [-0.39, 0.29) is 12.4 Å². The maximum atomic E-state index is 12.2. The third-order valence-corrected chi connectivity index (χ3v) is 2.79. The van der Waals surface area contributed by atoms with Crippen LogP contribution in [0, 0.1) is 13.8 Å². The van der Waals surface area contributed by atoms with Crippen LogP contribution < -0.4 is 5.32 Å². The quantitative estimate of drug-likeness (QED) is 0.917. The molecule has 2 rings (SSSR count). The molecule has 0 radical (unpaired) electrons. The monoisotopic (exact) mass is 287 g/mol. The van der Waals surface area contributed by atoms with Crippen molar-refractivity contribution >= 4 is 18.2 Å². The van der Waals surface area contributed by atoms with Gasteiger partial charge in [-0.2, -0.15) is 10.2 Å². The highest BCUT2D eigenvalue weighted by Crippen LogP contribution is 2.13. The number of halogens is 2. The fourth-order valence-electron chi connectivity index (χ4n) is 1.90. The van der Waals surface area contributed by atoms with E-state index >= 15 is 0 Å². The summed E-state index contributed by atoms with van der Waals surface area (Å²) in [6, 6.07) is 2.03. The van der Waals surface area contributed by atoms with Crippen molar-refractivity contribution in [3.8, 4) is 0 Å². The smallest absolute Gasteiger partial charge is 0.151 e. The Kier molecular flexibility index (Phi) is 5.35. The van der Waals surface area contributed by atoms with Crippen molar-refractivity contribution < 1.29 is 4.39 Å². The van der Waals surface area contributed by atoms with E-state index in [4.69, 9.17) is 0 Å². The fraction of sp³-hybridized carbons (Fsp3) is 0.500. The Morgan fingerprint density at radius 3 is 2.63 bits per heavy atom. The Bertz CT molecular complexity index is 534. The highest BCUT2D eigenvalue weighted by molar-refractivity contribution is 5.85. The molecule has 2 aromatic heterocycles. The van der Waals surface area contributed by atoms with E-state index in [1.165, 1.54) is 0 Å². The molecule has 2 heterocycles. The van der Waals surface area contributed by atoms with Crippen molar-refractivity contribution in [3.63, 3.8) is 0 Å². The van der Waals surface area contributed by atoms with Gasteiger partial charge in [0.15, 0.2) is 5.82 Å². The molecule has 106 valence electrons. The summed E-state index contributed by atoms with van der Waals surface area (Å²) < 4.78 is 15.7. The first-order chi connectivity index (χ1) is 8.60. The molecule has 0 spiro atoms. The van der Waals surface area contributed by atoms with Gasteiger partial charge in [0.05, 0.1) is 24.5 Å². The molecule has 0 aliphatic heterocycles. The predicted octanol–water partition coefficient (Wildman–Crippen LogP) is 2.24. The maximum absolute atomic E-state index is 12.2. The molecule has 0 aromatic carbocycles. The highest BCUT2D eigenvalue weighted by Gasteiger charge is 2.06. The van der Waals surface area contributed by atoms with Crippen LogP contribution in [0.3, 0.4) is 0 Å². The van der Waals surface area contributed by atoms with Crippen molar-refractivity contribution in [3.05, 3.63) is 29.2 Å². The minimum absolute atomic E-state index is 0. The SMILES string of the molecule is Cc1cc(CNc2nn(CCF)cc2C)n(C)n1.Cl. The lowest BCUT2D eigenvalue weighted by molar-refractivity contribution is 0.427. The number of rotatable bonds is 5. The molecule has 0 amide bonds. The average Bonchev–Trinajstić information content (AvgIpc) is 2.80. The second-order valence-electron chi connectivity index (χ2n) is 4.37. The van der Waals surface area contributed by atoms with E-state index in [1.807, 2.05) is 37.8 Å². The Hall–Kier alpha value is -1.56. The molecule has 0 fully saturated rings. The molecule has 7 heteroatoms. The van der Waals surface area contributed by atoms with Crippen LogP contribution in [-0.4, -0.2) is 26.2 Å².